The van der Waals surface area contributed by atoms with Crippen molar-refractivity contribution in [2.24, 2.45) is 16.2 Å². The first-order valence-corrected chi connectivity index (χ1v) is 14.1. The lowest BCUT2D eigenvalue weighted by molar-refractivity contribution is -0.146. The Balaban J connectivity index is 1.50. The third kappa shape index (κ3) is 5.50. The number of hydrogen-bond donors (Lipinski definition) is 1. The summed E-state index contributed by atoms with van der Waals surface area (Å²) in [5.41, 5.74) is 2.44. The molecular formula is C32H44N2O5. The van der Waals surface area contributed by atoms with Gasteiger partial charge in [0.1, 0.15) is 5.60 Å². The first-order chi connectivity index (χ1) is 18.1. The zero-order valence-electron chi connectivity index (χ0n) is 24.6. The molecule has 2 heterocycles. The third-order valence-corrected chi connectivity index (χ3v) is 9.04. The second-order valence-corrected chi connectivity index (χ2v) is 13.3. The van der Waals surface area contributed by atoms with E-state index in [1.54, 1.807) is 17.0 Å². The fourth-order valence-electron chi connectivity index (χ4n) is 6.85. The van der Waals surface area contributed by atoms with Crippen LogP contribution in [0.5, 0.6) is 0 Å². The molecule has 212 valence electrons. The van der Waals surface area contributed by atoms with E-state index in [2.05, 4.69) is 39.8 Å². The molecule has 0 bridgehead atoms. The molecule has 3 aliphatic rings. The summed E-state index contributed by atoms with van der Waals surface area (Å²) < 4.78 is 5.56. The number of likely N-dealkylation sites (tertiary alicyclic amines) is 1. The average molecular weight is 537 g/mol. The highest BCUT2D eigenvalue weighted by molar-refractivity contribution is 5.88. The van der Waals surface area contributed by atoms with Crippen molar-refractivity contribution < 1.29 is 24.2 Å². The molecule has 7 nitrogen and oxygen atoms in total. The summed E-state index contributed by atoms with van der Waals surface area (Å²) in [6, 6.07) is 7.12. The van der Waals surface area contributed by atoms with Gasteiger partial charge in [0.15, 0.2) is 0 Å². The number of benzene rings is 1. The first kappa shape index (κ1) is 28.9. The van der Waals surface area contributed by atoms with E-state index in [0.29, 0.717) is 39.0 Å². The summed E-state index contributed by atoms with van der Waals surface area (Å²) in [7, 11) is 0. The van der Waals surface area contributed by atoms with Gasteiger partial charge < -0.3 is 19.6 Å². The number of allylic oxidation sites excluding steroid dienone is 2. The molecule has 1 fully saturated rings. The number of ether oxygens (including phenoxy) is 1. The molecule has 0 aromatic heterocycles. The Bertz CT molecular complexity index is 1200. The lowest BCUT2D eigenvalue weighted by atomic mass is 9.58. The van der Waals surface area contributed by atoms with Gasteiger partial charge in [-0.1, -0.05) is 57.6 Å². The molecular weight excluding hydrogens is 492 g/mol. The SMILES string of the molecule is CCC1(C(=O)N2CC=C3C(C)(C)C(c4ccc(C(=O)O)cc4)=CC[C@]3(C)C2)CCN(C(=O)OC(C)(C)C)CC1. The number of carboxylic acid groups (broad SMARTS) is 1. The molecule has 2 aliphatic heterocycles. The number of carboxylic acids is 1. The highest BCUT2D eigenvalue weighted by Gasteiger charge is 2.49. The topological polar surface area (TPSA) is 87.2 Å². The van der Waals surface area contributed by atoms with Crippen LogP contribution in [0, 0.1) is 16.2 Å². The van der Waals surface area contributed by atoms with Gasteiger partial charge in [-0.05, 0) is 69.7 Å². The predicted molar refractivity (Wildman–Crippen MR) is 152 cm³/mol. The van der Waals surface area contributed by atoms with Crippen molar-refractivity contribution in [3.8, 4) is 0 Å². The van der Waals surface area contributed by atoms with Crippen molar-refractivity contribution in [1.29, 1.82) is 0 Å². The Morgan fingerprint density at radius 2 is 1.59 bits per heavy atom. The van der Waals surface area contributed by atoms with Crippen LogP contribution in [0.1, 0.15) is 90.1 Å². The van der Waals surface area contributed by atoms with Gasteiger partial charge >= 0.3 is 12.1 Å². The van der Waals surface area contributed by atoms with Crippen LogP contribution in [-0.2, 0) is 9.53 Å². The van der Waals surface area contributed by atoms with Crippen molar-refractivity contribution >= 4 is 23.5 Å². The maximum atomic E-state index is 14.1. The van der Waals surface area contributed by atoms with Crippen molar-refractivity contribution in [3.63, 3.8) is 0 Å². The molecule has 1 aliphatic carbocycles. The molecule has 1 atom stereocenters. The van der Waals surface area contributed by atoms with E-state index in [1.165, 1.54) is 11.1 Å². The van der Waals surface area contributed by atoms with Crippen molar-refractivity contribution in [2.75, 3.05) is 26.2 Å². The minimum atomic E-state index is -0.925. The quantitative estimate of drug-likeness (QED) is 0.450. The maximum Gasteiger partial charge on any atom is 0.410 e. The van der Waals surface area contributed by atoms with Crippen LogP contribution in [0.4, 0.5) is 4.79 Å². The third-order valence-electron chi connectivity index (χ3n) is 9.04. The lowest BCUT2D eigenvalue weighted by Crippen LogP contribution is -2.55. The molecule has 0 unspecified atom stereocenters. The van der Waals surface area contributed by atoms with Crippen molar-refractivity contribution in [1.82, 2.24) is 9.80 Å². The second kappa shape index (κ2) is 10.1. The molecule has 0 spiro atoms. The summed E-state index contributed by atoms with van der Waals surface area (Å²) in [6.45, 7) is 16.7. The largest absolute Gasteiger partial charge is 0.478 e. The van der Waals surface area contributed by atoms with Crippen LogP contribution in [0.2, 0.25) is 0 Å². The van der Waals surface area contributed by atoms with E-state index in [1.807, 2.05) is 37.8 Å². The zero-order valence-corrected chi connectivity index (χ0v) is 24.6. The lowest BCUT2D eigenvalue weighted by Gasteiger charge is -2.52. The minimum absolute atomic E-state index is 0.173. The molecule has 1 aromatic carbocycles. The first-order valence-electron chi connectivity index (χ1n) is 14.1. The molecule has 7 heteroatoms. The maximum absolute atomic E-state index is 14.1. The Labute approximate surface area is 232 Å². The molecule has 1 saturated heterocycles. The molecule has 0 radical (unpaired) electrons. The normalized spacial score (nSPS) is 24.3. The fraction of sp³-hybridized carbons (Fsp3) is 0.594. The number of aromatic carboxylic acids is 1. The van der Waals surface area contributed by atoms with Gasteiger partial charge in [-0.25, -0.2) is 9.59 Å². The number of nitrogens with zero attached hydrogens (tertiary/aromatic N) is 2. The van der Waals surface area contributed by atoms with Crippen LogP contribution in [0.25, 0.3) is 5.57 Å². The van der Waals surface area contributed by atoms with Gasteiger partial charge in [0, 0.05) is 37.0 Å². The molecule has 1 aromatic rings. The van der Waals surface area contributed by atoms with Crippen LogP contribution < -0.4 is 0 Å². The van der Waals surface area contributed by atoms with Gasteiger partial charge in [0.05, 0.1) is 11.0 Å². The van der Waals surface area contributed by atoms with E-state index >= 15 is 0 Å². The van der Waals surface area contributed by atoms with Crippen molar-refractivity contribution in [3.05, 3.63) is 53.1 Å². The van der Waals surface area contributed by atoms with E-state index in [9.17, 15) is 19.5 Å². The predicted octanol–water partition coefficient (Wildman–Crippen LogP) is 6.40. The summed E-state index contributed by atoms with van der Waals surface area (Å²) in [4.78, 5) is 41.7. The molecule has 4 rings (SSSR count). The molecule has 39 heavy (non-hydrogen) atoms. The Kier molecular flexibility index (Phi) is 7.52. The van der Waals surface area contributed by atoms with Gasteiger partial charge in [-0.2, -0.15) is 0 Å². The van der Waals surface area contributed by atoms with Crippen LogP contribution >= 0.6 is 0 Å². The van der Waals surface area contributed by atoms with E-state index < -0.39 is 17.0 Å². The Morgan fingerprint density at radius 1 is 0.974 bits per heavy atom. The van der Waals surface area contributed by atoms with Gasteiger partial charge in [0.25, 0.3) is 0 Å². The number of carbonyl (C=O) groups excluding carboxylic acids is 2. The van der Waals surface area contributed by atoms with Gasteiger partial charge in [-0.15, -0.1) is 0 Å². The molecule has 1 N–H and O–H groups in total. The van der Waals surface area contributed by atoms with Crippen LogP contribution in [0.3, 0.4) is 0 Å². The highest BCUT2D eigenvalue weighted by atomic mass is 16.6. The van der Waals surface area contributed by atoms with Gasteiger partial charge in [0.2, 0.25) is 5.91 Å². The van der Waals surface area contributed by atoms with E-state index in [-0.39, 0.29) is 28.4 Å². The highest BCUT2D eigenvalue weighted by Crippen LogP contribution is 2.55. The number of amides is 2. The summed E-state index contributed by atoms with van der Waals surface area (Å²) in [5.74, 6) is -0.728. The Hall–Kier alpha value is -3.09. The average Bonchev–Trinajstić information content (AvgIpc) is 2.86. The number of carbonyl (C=O) groups is 3. The molecule has 2 amide bonds. The number of piperidine rings is 1. The van der Waals surface area contributed by atoms with E-state index in [4.69, 9.17) is 4.74 Å². The monoisotopic (exact) mass is 536 g/mol. The summed E-state index contributed by atoms with van der Waals surface area (Å²) in [6.07, 6.45) is 7.07. The number of fused-ring (bicyclic) bond motifs is 1. The van der Waals surface area contributed by atoms with Gasteiger partial charge in [-0.3, -0.25) is 4.79 Å². The van der Waals surface area contributed by atoms with Crippen LogP contribution in [0.15, 0.2) is 42.0 Å². The van der Waals surface area contributed by atoms with Crippen LogP contribution in [-0.4, -0.2) is 64.7 Å². The minimum Gasteiger partial charge on any atom is -0.478 e. The molecule has 0 saturated carbocycles. The zero-order chi connectivity index (χ0) is 28.8. The van der Waals surface area contributed by atoms with E-state index in [0.717, 1.165) is 18.4 Å². The second-order valence-electron chi connectivity index (χ2n) is 13.3. The number of rotatable bonds is 4. The fourth-order valence-corrected chi connectivity index (χ4v) is 6.85. The summed E-state index contributed by atoms with van der Waals surface area (Å²) >= 11 is 0. The standard InChI is InChI=1S/C32H44N2O5/c1-8-32(16-19-33(20-17-32)28(38)39-29(2,3)4)27(37)34-18-14-25-30(5,6)24(13-15-31(25,7)21-34)22-9-11-23(12-10-22)26(35)36/h9-14H,8,15-21H2,1-7H3,(H,35,36)/t31-/m1/s1. The van der Waals surface area contributed by atoms with Crippen molar-refractivity contribution in [2.45, 2.75) is 79.8 Å². The smallest absolute Gasteiger partial charge is 0.410 e. The summed E-state index contributed by atoms with van der Waals surface area (Å²) in [5, 5.41) is 9.28. The number of hydrogen-bond acceptors (Lipinski definition) is 4. The Morgan fingerprint density at radius 3 is 2.13 bits per heavy atom.